The van der Waals surface area contributed by atoms with E-state index in [2.05, 4.69) is 10.3 Å². The standard InChI is InChI=1S/C20H18N2O5S/c1-27-18-13-17(23)16(20(24)14-8-4-2-5-9-14)12-19(18)28(25,26)22-21-15-10-6-3-7-11-15/h2-13,21-23H,1H3. The quantitative estimate of drug-likeness (QED) is 0.418. The summed E-state index contributed by atoms with van der Waals surface area (Å²) in [5, 5.41) is 10.2. The van der Waals surface area contributed by atoms with Crippen molar-refractivity contribution in [1.29, 1.82) is 0 Å². The number of benzene rings is 3. The lowest BCUT2D eigenvalue weighted by Crippen LogP contribution is -2.30. The van der Waals surface area contributed by atoms with Crippen LogP contribution in [0.3, 0.4) is 0 Å². The van der Waals surface area contributed by atoms with Crippen molar-refractivity contribution < 1.29 is 23.1 Å². The van der Waals surface area contributed by atoms with Crippen LogP contribution in [-0.2, 0) is 10.0 Å². The molecule has 3 aromatic rings. The van der Waals surface area contributed by atoms with Gasteiger partial charge in [0.05, 0.1) is 12.7 Å². The number of rotatable bonds is 7. The number of anilines is 1. The number of nitrogens with one attached hydrogen (secondary N) is 2. The van der Waals surface area contributed by atoms with E-state index in [1.807, 2.05) is 0 Å². The van der Waals surface area contributed by atoms with E-state index in [1.54, 1.807) is 60.7 Å². The lowest BCUT2D eigenvalue weighted by molar-refractivity contribution is 0.103. The molecule has 0 fully saturated rings. The number of carbonyl (C=O) groups is 1. The van der Waals surface area contributed by atoms with Crippen molar-refractivity contribution in [1.82, 2.24) is 4.83 Å². The zero-order valence-corrected chi connectivity index (χ0v) is 15.7. The molecule has 28 heavy (non-hydrogen) atoms. The SMILES string of the molecule is COc1cc(O)c(C(=O)c2ccccc2)cc1S(=O)(=O)NNc1ccccc1. The molecule has 0 unspecified atom stereocenters. The number of sulfonamides is 1. The summed E-state index contributed by atoms with van der Waals surface area (Å²) in [7, 11) is -2.83. The topological polar surface area (TPSA) is 105 Å². The van der Waals surface area contributed by atoms with Crippen LogP contribution in [0.25, 0.3) is 0 Å². The van der Waals surface area contributed by atoms with Gasteiger partial charge < -0.3 is 15.3 Å². The highest BCUT2D eigenvalue weighted by atomic mass is 32.2. The summed E-state index contributed by atoms with van der Waals surface area (Å²) in [6.07, 6.45) is 0. The Hall–Kier alpha value is -3.36. The first-order valence-corrected chi connectivity index (χ1v) is 9.74. The highest BCUT2D eigenvalue weighted by Crippen LogP contribution is 2.32. The van der Waals surface area contributed by atoms with Crippen LogP contribution in [0.5, 0.6) is 11.5 Å². The molecule has 0 aromatic heterocycles. The fourth-order valence-electron chi connectivity index (χ4n) is 2.55. The number of hydrazine groups is 1. The second-order valence-corrected chi connectivity index (χ2v) is 7.46. The van der Waals surface area contributed by atoms with Gasteiger partial charge in [0.25, 0.3) is 10.0 Å². The van der Waals surface area contributed by atoms with Gasteiger partial charge in [0.15, 0.2) is 5.78 Å². The van der Waals surface area contributed by atoms with E-state index < -0.39 is 15.8 Å². The number of ether oxygens (including phenoxy) is 1. The molecule has 0 aliphatic carbocycles. The summed E-state index contributed by atoms with van der Waals surface area (Å²) in [6, 6.07) is 19.1. The molecular formula is C20H18N2O5S. The Bertz CT molecular complexity index is 1080. The van der Waals surface area contributed by atoms with Gasteiger partial charge in [0, 0.05) is 17.3 Å². The lowest BCUT2D eigenvalue weighted by Gasteiger charge is -2.14. The average molecular weight is 398 g/mol. The molecule has 144 valence electrons. The van der Waals surface area contributed by atoms with Crippen molar-refractivity contribution in [3.05, 3.63) is 83.9 Å². The number of para-hydroxylation sites is 1. The number of ketones is 1. The average Bonchev–Trinajstić information content (AvgIpc) is 2.73. The maximum Gasteiger partial charge on any atom is 0.261 e. The summed E-state index contributed by atoms with van der Waals surface area (Å²) >= 11 is 0. The Morgan fingerprint density at radius 2 is 1.57 bits per heavy atom. The van der Waals surface area contributed by atoms with Gasteiger partial charge in [-0.15, -0.1) is 4.83 Å². The third kappa shape index (κ3) is 4.13. The van der Waals surface area contributed by atoms with Crippen LogP contribution < -0.4 is 15.0 Å². The molecule has 0 saturated carbocycles. The maximum absolute atomic E-state index is 12.8. The van der Waals surface area contributed by atoms with Crippen molar-refractivity contribution >= 4 is 21.5 Å². The first-order chi connectivity index (χ1) is 13.4. The third-order valence-electron chi connectivity index (χ3n) is 3.96. The van der Waals surface area contributed by atoms with Crippen LogP contribution in [0.15, 0.2) is 77.7 Å². The summed E-state index contributed by atoms with van der Waals surface area (Å²) in [5.74, 6) is -0.974. The Balaban J connectivity index is 1.98. The van der Waals surface area contributed by atoms with E-state index >= 15 is 0 Å². The van der Waals surface area contributed by atoms with Crippen LogP contribution in [0.2, 0.25) is 0 Å². The molecule has 3 aromatic carbocycles. The first kappa shape index (κ1) is 19.4. The molecule has 0 heterocycles. The minimum Gasteiger partial charge on any atom is -0.507 e. The predicted octanol–water partition coefficient (Wildman–Crippen LogP) is 2.94. The highest BCUT2D eigenvalue weighted by Gasteiger charge is 2.25. The number of hydrogen-bond donors (Lipinski definition) is 3. The number of hydrogen-bond acceptors (Lipinski definition) is 6. The zero-order chi connectivity index (χ0) is 20.1. The number of methoxy groups -OCH3 is 1. The molecule has 0 bridgehead atoms. The minimum atomic E-state index is -4.11. The zero-order valence-electron chi connectivity index (χ0n) is 14.9. The number of carbonyl (C=O) groups excluding carboxylic acids is 1. The molecule has 0 spiro atoms. The molecule has 0 radical (unpaired) electrons. The molecule has 0 aliphatic rings. The normalized spacial score (nSPS) is 11.0. The van der Waals surface area contributed by atoms with Crippen LogP contribution in [0.4, 0.5) is 5.69 Å². The van der Waals surface area contributed by atoms with Crippen LogP contribution in [0.1, 0.15) is 15.9 Å². The molecule has 3 N–H and O–H groups in total. The molecule has 0 saturated heterocycles. The third-order valence-corrected chi connectivity index (χ3v) is 5.22. The van der Waals surface area contributed by atoms with Crippen molar-refractivity contribution in [3.8, 4) is 11.5 Å². The molecule has 0 atom stereocenters. The molecule has 0 amide bonds. The van der Waals surface area contributed by atoms with E-state index in [0.717, 1.165) is 12.1 Å². The predicted molar refractivity (Wildman–Crippen MR) is 105 cm³/mol. The Morgan fingerprint density at radius 1 is 0.964 bits per heavy atom. The molecule has 7 nitrogen and oxygen atoms in total. The van der Waals surface area contributed by atoms with Gasteiger partial charge in [0.2, 0.25) is 0 Å². The summed E-state index contributed by atoms with van der Waals surface area (Å²) < 4.78 is 30.6. The summed E-state index contributed by atoms with van der Waals surface area (Å²) in [4.78, 5) is 14.7. The van der Waals surface area contributed by atoms with Gasteiger partial charge in [-0.1, -0.05) is 48.5 Å². The Morgan fingerprint density at radius 3 is 2.18 bits per heavy atom. The maximum atomic E-state index is 12.8. The van der Waals surface area contributed by atoms with Crippen LogP contribution in [0, 0.1) is 0 Å². The van der Waals surface area contributed by atoms with Gasteiger partial charge in [-0.25, -0.2) is 8.42 Å². The first-order valence-electron chi connectivity index (χ1n) is 8.26. The van der Waals surface area contributed by atoms with Gasteiger partial charge in [0.1, 0.15) is 16.4 Å². The highest BCUT2D eigenvalue weighted by molar-refractivity contribution is 7.89. The van der Waals surface area contributed by atoms with Crippen molar-refractivity contribution in [2.75, 3.05) is 12.5 Å². The second-order valence-electron chi connectivity index (χ2n) is 5.81. The van der Waals surface area contributed by atoms with Crippen LogP contribution in [-0.4, -0.2) is 26.4 Å². The fourth-order valence-corrected chi connectivity index (χ4v) is 3.59. The Kier molecular flexibility index (Phi) is 5.62. The lowest BCUT2D eigenvalue weighted by atomic mass is 10.0. The van der Waals surface area contributed by atoms with Gasteiger partial charge in [-0.05, 0) is 18.2 Å². The van der Waals surface area contributed by atoms with Gasteiger partial charge in [-0.2, -0.15) is 0 Å². The van der Waals surface area contributed by atoms with Gasteiger partial charge >= 0.3 is 0 Å². The minimum absolute atomic E-state index is 0.0931. The van der Waals surface area contributed by atoms with Gasteiger partial charge in [-0.3, -0.25) is 4.79 Å². The van der Waals surface area contributed by atoms with Crippen molar-refractivity contribution in [2.45, 2.75) is 4.90 Å². The summed E-state index contributed by atoms with van der Waals surface area (Å²) in [5.41, 5.74) is 3.30. The number of phenols is 1. The van der Waals surface area contributed by atoms with Crippen molar-refractivity contribution in [2.24, 2.45) is 0 Å². The van der Waals surface area contributed by atoms with E-state index in [0.29, 0.717) is 11.3 Å². The Labute approximate surface area is 162 Å². The fraction of sp³-hybridized carbons (Fsp3) is 0.0500. The molecule has 8 heteroatoms. The van der Waals surface area contributed by atoms with E-state index in [-0.39, 0.29) is 22.0 Å². The van der Waals surface area contributed by atoms with E-state index in [1.165, 1.54) is 7.11 Å². The molecule has 3 rings (SSSR count). The number of phenolic OH excluding ortho intramolecular Hbond substituents is 1. The van der Waals surface area contributed by atoms with Crippen molar-refractivity contribution in [3.63, 3.8) is 0 Å². The monoisotopic (exact) mass is 398 g/mol. The number of aromatic hydroxyl groups is 1. The summed E-state index contributed by atoms with van der Waals surface area (Å²) in [6.45, 7) is 0. The smallest absolute Gasteiger partial charge is 0.261 e. The molecule has 0 aliphatic heterocycles. The molecular weight excluding hydrogens is 380 g/mol. The second kappa shape index (κ2) is 8.12. The largest absolute Gasteiger partial charge is 0.507 e. The van der Waals surface area contributed by atoms with E-state index in [9.17, 15) is 18.3 Å². The van der Waals surface area contributed by atoms with Crippen LogP contribution >= 0.6 is 0 Å². The van der Waals surface area contributed by atoms with E-state index in [4.69, 9.17) is 4.74 Å².